The number of hydrogen-bond donors (Lipinski definition) is 2. The minimum atomic E-state index is -1.43. The Balaban J connectivity index is -0.000000147. The Hall–Kier alpha value is 2.44. The first kappa shape index (κ1) is 48.0. The maximum atomic E-state index is 11.0. The molecule has 128 valence electrons. The molecule has 0 aromatic rings. The Bertz CT molecular complexity index is 562. The second kappa shape index (κ2) is 29.4. The van der Waals surface area contributed by atoms with Crippen LogP contribution in [-0.2, 0) is 38.2 Å². The Morgan fingerprint density at radius 3 is 0.786 bits per heavy atom. The quantitative estimate of drug-likeness (QED) is 0.172. The summed E-state index contributed by atoms with van der Waals surface area (Å²) in [4.78, 5) is 63.9. The van der Waals surface area contributed by atoms with E-state index in [1.54, 1.807) is 0 Å². The first-order valence-electron chi connectivity index (χ1n) is 5.22. The Morgan fingerprint density at radius 1 is 0.429 bits per heavy atom. The topological polar surface area (TPSA) is 161 Å². The van der Waals surface area contributed by atoms with Gasteiger partial charge in [-0.2, -0.15) is 0 Å². The van der Waals surface area contributed by atoms with Gasteiger partial charge in [0.25, 0.3) is 0 Å². The van der Waals surface area contributed by atoms with Gasteiger partial charge in [0.05, 0.1) is 0 Å². The zero-order valence-corrected chi connectivity index (χ0v) is 10.6. The minimum absolute atomic E-state index is 0. The summed E-state index contributed by atoms with van der Waals surface area (Å²) in [5, 5.41) is 16.4. The number of rotatable bonds is 6. The molecule has 0 saturated heterocycles. The van der Waals surface area contributed by atoms with Gasteiger partial charge in [-0.15, -0.1) is 0 Å². The molecule has 0 heterocycles. The van der Waals surface area contributed by atoms with Crippen molar-refractivity contribution in [3.05, 3.63) is 36.5 Å². The van der Waals surface area contributed by atoms with Crippen LogP contribution in [0.15, 0.2) is 36.5 Å². The second-order valence-electron chi connectivity index (χ2n) is 3.16. The summed E-state index contributed by atoms with van der Waals surface area (Å²) in [5.74, 6) is -8.07. The van der Waals surface area contributed by atoms with Crippen molar-refractivity contribution in [3.8, 4) is 0 Å². The predicted molar refractivity (Wildman–Crippen MR) is 108 cm³/mol. The van der Waals surface area contributed by atoms with Gasteiger partial charge in [0, 0.05) is 36.5 Å². The monoisotopic (exact) mass is 456 g/mol. The van der Waals surface area contributed by atoms with Gasteiger partial charge >= 0.3 is 213 Å². The molecule has 0 aliphatic heterocycles. The summed E-state index contributed by atoms with van der Waals surface area (Å²) in [7, 11) is 0. The number of ether oxygens (including phenoxy) is 2. The molecule has 0 aliphatic carbocycles. The van der Waals surface area contributed by atoms with E-state index in [-0.39, 0.29) is 177 Å². The van der Waals surface area contributed by atoms with Gasteiger partial charge in [0.1, 0.15) is 0 Å². The number of carbonyl (C=O) groups is 6. The molecule has 0 unspecified atom stereocenters. The summed E-state index contributed by atoms with van der Waals surface area (Å²) in [6.45, 7) is 0. The van der Waals surface area contributed by atoms with Crippen LogP contribution in [0.3, 0.4) is 0 Å². The van der Waals surface area contributed by atoms with Crippen molar-refractivity contribution in [2.75, 3.05) is 0 Å². The average Bonchev–Trinajstić information content (AvgIpc) is 2.40. The van der Waals surface area contributed by atoms with Crippen LogP contribution in [-0.4, -0.2) is 223 Å². The molecular formula is C12H14Na6O10. The summed E-state index contributed by atoms with van der Waals surface area (Å²) in [6.07, 6.45) is 2.69. The third-order valence-electron chi connectivity index (χ3n) is 1.48. The van der Waals surface area contributed by atoms with Gasteiger partial charge in [0.15, 0.2) is 0 Å². The SMILES string of the molecule is O=C(O)/C=C/C(=O)OC(=O)/C=C\C(=O)OC(=O)/C=C/C(=O)O.[NaH].[NaH].[NaH].[NaH].[NaH].[NaH]. The van der Waals surface area contributed by atoms with E-state index in [0.717, 1.165) is 0 Å². The van der Waals surface area contributed by atoms with E-state index in [1.165, 1.54) is 0 Å². The Labute approximate surface area is 292 Å². The van der Waals surface area contributed by atoms with Crippen molar-refractivity contribution in [2.45, 2.75) is 0 Å². The molecule has 16 heteroatoms. The van der Waals surface area contributed by atoms with E-state index in [1.807, 2.05) is 0 Å². The van der Waals surface area contributed by atoms with Crippen LogP contribution in [0.5, 0.6) is 0 Å². The molecule has 0 amide bonds. The molecule has 0 saturated carbocycles. The standard InChI is InChI=1S/C12H8O10.6Na.6H/c13-7(14)1-3-9(17)21-11(19)5-6-12(20)22-10(18)4-2-8(15)16;;;;;;;;;;;;/h1-6H,(H,13,14)(H,15,16);;;;;;;;;;;;/b3-1+,4-2+,6-5-;;;;;;;;;;;;. The summed E-state index contributed by atoms with van der Waals surface area (Å²) in [6, 6.07) is 0. The van der Waals surface area contributed by atoms with Crippen LogP contribution in [0.25, 0.3) is 0 Å². The molecule has 0 radical (unpaired) electrons. The number of aliphatic carboxylic acids is 2. The maximum absolute atomic E-state index is 11.0. The van der Waals surface area contributed by atoms with E-state index in [0.29, 0.717) is 36.5 Å². The zero-order valence-electron chi connectivity index (χ0n) is 10.6. The van der Waals surface area contributed by atoms with Crippen molar-refractivity contribution in [1.82, 2.24) is 0 Å². The van der Waals surface area contributed by atoms with Crippen LogP contribution in [0.2, 0.25) is 0 Å². The summed E-state index contributed by atoms with van der Waals surface area (Å²) < 4.78 is 8.07. The molecule has 2 N–H and O–H groups in total. The van der Waals surface area contributed by atoms with Crippen molar-refractivity contribution < 1.29 is 48.5 Å². The molecule has 0 aromatic heterocycles. The fourth-order valence-electron chi connectivity index (χ4n) is 0.749. The summed E-state index contributed by atoms with van der Waals surface area (Å²) >= 11 is 0. The normalized spacial score (nSPS) is 8.43. The first-order valence-corrected chi connectivity index (χ1v) is 5.22. The van der Waals surface area contributed by atoms with E-state index in [2.05, 4.69) is 9.47 Å². The van der Waals surface area contributed by atoms with Crippen molar-refractivity contribution in [3.63, 3.8) is 0 Å². The van der Waals surface area contributed by atoms with Gasteiger partial charge < -0.3 is 19.7 Å². The molecule has 0 atom stereocenters. The first-order chi connectivity index (χ1) is 10.2. The van der Waals surface area contributed by atoms with E-state index in [4.69, 9.17) is 10.2 Å². The van der Waals surface area contributed by atoms with Gasteiger partial charge in [-0.3, -0.25) is 0 Å². The summed E-state index contributed by atoms with van der Waals surface area (Å²) in [5.41, 5.74) is 0. The average molecular weight is 456 g/mol. The van der Waals surface area contributed by atoms with Crippen LogP contribution in [0.1, 0.15) is 0 Å². The number of esters is 4. The van der Waals surface area contributed by atoms with Crippen molar-refractivity contribution in [1.29, 1.82) is 0 Å². The molecule has 0 aliphatic rings. The molecule has 28 heavy (non-hydrogen) atoms. The molecule has 0 spiro atoms. The predicted octanol–water partition coefficient (Wildman–Crippen LogP) is -4.93. The van der Waals surface area contributed by atoms with Gasteiger partial charge in [-0.1, -0.05) is 0 Å². The number of hydrogen-bond acceptors (Lipinski definition) is 8. The third-order valence-corrected chi connectivity index (χ3v) is 1.48. The Kier molecular flexibility index (Phi) is 50.5. The van der Waals surface area contributed by atoms with Crippen LogP contribution >= 0.6 is 0 Å². The number of carboxylic acids is 2. The van der Waals surface area contributed by atoms with Crippen LogP contribution in [0.4, 0.5) is 0 Å². The van der Waals surface area contributed by atoms with Crippen molar-refractivity contribution in [2.24, 2.45) is 0 Å². The van der Waals surface area contributed by atoms with Crippen LogP contribution in [0, 0.1) is 0 Å². The van der Waals surface area contributed by atoms with E-state index >= 15 is 0 Å². The van der Waals surface area contributed by atoms with Gasteiger partial charge in [0.2, 0.25) is 0 Å². The fourth-order valence-corrected chi connectivity index (χ4v) is 0.749. The molecular weight excluding hydrogens is 442 g/mol. The second-order valence-corrected chi connectivity index (χ2v) is 3.16. The van der Waals surface area contributed by atoms with E-state index in [9.17, 15) is 28.8 Å². The molecule has 0 bridgehead atoms. The van der Waals surface area contributed by atoms with E-state index < -0.39 is 35.8 Å². The van der Waals surface area contributed by atoms with Gasteiger partial charge in [-0.05, 0) is 0 Å². The number of carboxylic acid groups (broad SMARTS) is 2. The molecule has 10 nitrogen and oxygen atoms in total. The van der Waals surface area contributed by atoms with Crippen molar-refractivity contribution >= 4 is 213 Å². The molecule has 0 fully saturated rings. The van der Waals surface area contributed by atoms with Crippen LogP contribution < -0.4 is 0 Å². The Morgan fingerprint density at radius 2 is 0.607 bits per heavy atom. The molecule has 0 aromatic carbocycles. The third kappa shape index (κ3) is 33.1. The van der Waals surface area contributed by atoms with Gasteiger partial charge in [-0.25, -0.2) is 28.8 Å². The molecule has 0 rings (SSSR count). The fraction of sp³-hybridized carbons (Fsp3) is 0. The number of carbonyl (C=O) groups excluding carboxylic acids is 4. The zero-order chi connectivity index (χ0) is 17.1.